The lowest BCUT2D eigenvalue weighted by atomic mass is 9.94. The minimum atomic E-state index is 0.584. The van der Waals surface area contributed by atoms with Crippen molar-refractivity contribution in [2.45, 2.75) is 6.92 Å². The maximum absolute atomic E-state index is 6.59. The topological polar surface area (TPSA) is 51.8 Å². The van der Waals surface area contributed by atoms with Gasteiger partial charge >= 0.3 is 0 Å². The largest absolute Gasteiger partial charge is 0.456 e. The molecule has 0 N–H and O–H groups in total. The van der Waals surface area contributed by atoms with Crippen molar-refractivity contribution in [3.63, 3.8) is 0 Å². The van der Waals surface area contributed by atoms with Crippen LogP contribution in [0.15, 0.2) is 174 Å². The molecule has 0 aliphatic rings. The fraction of sp³-hybridized carbons (Fsp3) is 0.0217. The predicted molar refractivity (Wildman–Crippen MR) is 204 cm³/mol. The minimum absolute atomic E-state index is 0.584. The van der Waals surface area contributed by atoms with Gasteiger partial charge in [-0.1, -0.05) is 157 Å². The first-order valence-corrected chi connectivity index (χ1v) is 16.8. The molecule has 0 atom stereocenters. The summed E-state index contributed by atoms with van der Waals surface area (Å²) >= 11 is 0. The van der Waals surface area contributed by atoms with Gasteiger partial charge in [-0.2, -0.15) is 0 Å². The van der Waals surface area contributed by atoms with Gasteiger partial charge in [0.05, 0.1) is 0 Å². The van der Waals surface area contributed by atoms with Crippen molar-refractivity contribution in [1.82, 2.24) is 15.0 Å². The molecule has 0 unspecified atom stereocenters. The molecule has 0 spiro atoms. The number of hydrogen-bond donors (Lipinski definition) is 0. The van der Waals surface area contributed by atoms with Crippen LogP contribution in [0.1, 0.15) is 5.56 Å². The summed E-state index contributed by atoms with van der Waals surface area (Å²) in [7, 11) is 0. The summed E-state index contributed by atoms with van der Waals surface area (Å²) in [6.07, 6.45) is 0. The number of fused-ring (bicyclic) bond motifs is 3. The number of aryl methyl sites for hydroxylation is 1. The number of furan rings is 1. The first-order valence-electron chi connectivity index (χ1n) is 16.8. The zero-order chi connectivity index (χ0) is 33.4. The highest BCUT2D eigenvalue weighted by atomic mass is 16.3. The number of nitrogens with zero attached hydrogens (tertiary/aromatic N) is 3. The summed E-state index contributed by atoms with van der Waals surface area (Å²) in [6, 6.07) is 58.6. The van der Waals surface area contributed by atoms with Gasteiger partial charge in [-0.05, 0) is 58.5 Å². The van der Waals surface area contributed by atoms with E-state index in [4.69, 9.17) is 19.4 Å². The van der Waals surface area contributed by atoms with Gasteiger partial charge in [-0.15, -0.1) is 0 Å². The molecule has 0 aliphatic heterocycles. The van der Waals surface area contributed by atoms with Gasteiger partial charge in [0.1, 0.15) is 11.2 Å². The summed E-state index contributed by atoms with van der Waals surface area (Å²) < 4.78 is 6.59. The van der Waals surface area contributed by atoms with Gasteiger partial charge in [-0.3, -0.25) is 0 Å². The van der Waals surface area contributed by atoms with E-state index in [9.17, 15) is 0 Å². The van der Waals surface area contributed by atoms with Crippen LogP contribution in [0.5, 0.6) is 0 Å². The molecule has 0 saturated heterocycles. The second kappa shape index (κ2) is 12.4. The van der Waals surface area contributed by atoms with Crippen LogP contribution in [0, 0.1) is 6.92 Å². The van der Waals surface area contributed by atoms with E-state index in [-0.39, 0.29) is 0 Å². The van der Waals surface area contributed by atoms with Crippen molar-refractivity contribution in [2.24, 2.45) is 0 Å². The van der Waals surface area contributed by atoms with Crippen molar-refractivity contribution < 1.29 is 4.42 Å². The van der Waals surface area contributed by atoms with E-state index < -0.39 is 0 Å². The SMILES string of the molecule is Cc1ccc(-c2ccc(-c3nc(-c4ccccc4)nc(-c4cc5oc6cccc(-c7ccccc7)c6c5cc4-c4ccccc4)n3)cc2)cc1. The molecule has 0 bridgehead atoms. The average Bonchev–Trinajstić information content (AvgIpc) is 3.56. The fourth-order valence-electron chi connectivity index (χ4n) is 6.67. The molecule has 0 aliphatic carbocycles. The minimum Gasteiger partial charge on any atom is -0.456 e. The van der Waals surface area contributed by atoms with Crippen LogP contribution in [-0.4, -0.2) is 15.0 Å². The smallest absolute Gasteiger partial charge is 0.164 e. The molecular formula is C46H31N3O. The lowest BCUT2D eigenvalue weighted by Gasteiger charge is -2.13. The highest BCUT2D eigenvalue weighted by Crippen LogP contribution is 2.42. The number of aromatic nitrogens is 3. The molecule has 4 heteroatoms. The zero-order valence-corrected chi connectivity index (χ0v) is 27.4. The highest BCUT2D eigenvalue weighted by Gasteiger charge is 2.20. The third kappa shape index (κ3) is 5.43. The summed E-state index contributed by atoms with van der Waals surface area (Å²) in [5.74, 6) is 1.81. The van der Waals surface area contributed by atoms with Crippen LogP contribution >= 0.6 is 0 Å². The predicted octanol–water partition coefficient (Wildman–Crippen LogP) is 12.1. The van der Waals surface area contributed by atoms with Crippen LogP contribution in [0.4, 0.5) is 0 Å². The van der Waals surface area contributed by atoms with Crippen LogP contribution < -0.4 is 0 Å². The maximum Gasteiger partial charge on any atom is 0.164 e. The normalized spacial score (nSPS) is 11.3. The number of rotatable bonds is 6. The Hall–Kier alpha value is -6.65. The summed E-state index contributed by atoms with van der Waals surface area (Å²) in [5.41, 5.74) is 12.3. The molecule has 0 radical (unpaired) electrons. The summed E-state index contributed by atoms with van der Waals surface area (Å²) in [6.45, 7) is 2.10. The Labute approximate surface area is 290 Å². The lowest BCUT2D eigenvalue weighted by molar-refractivity contribution is 0.669. The monoisotopic (exact) mass is 641 g/mol. The van der Waals surface area contributed by atoms with E-state index in [1.807, 2.05) is 48.5 Å². The Morgan fingerprint density at radius 3 is 1.48 bits per heavy atom. The van der Waals surface area contributed by atoms with E-state index in [0.29, 0.717) is 17.5 Å². The highest BCUT2D eigenvalue weighted by molar-refractivity contribution is 6.14. The van der Waals surface area contributed by atoms with Crippen LogP contribution in [-0.2, 0) is 0 Å². The van der Waals surface area contributed by atoms with Crippen molar-refractivity contribution >= 4 is 21.9 Å². The molecule has 0 fully saturated rings. The van der Waals surface area contributed by atoms with Gasteiger partial charge in [0.25, 0.3) is 0 Å². The summed E-state index contributed by atoms with van der Waals surface area (Å²) in [5, 5.41) is 2.14. The van der Waals surface area contributed by atoms with E-state index in [1.165, 1.54) is 11.1 Å². The molecule has 0 saturated carbocycles. The average molecular weight is 642 g/mol. The van der Waals surface area contributed by atoms with Gasteiger partial charge in [-0.25, -0.2) is 15.0 Å². The van der Waals surface area contributed by atoms with E-state index in [0.717, 1.165) is 66.4 Å². The zero-order valence-electron chi connectivity index (χ0n) is 27.4. The summed E-state index contributed by atoms with van der Waals surface area (Å²) in [4.78, 5) is 15.3. The standard InChI is InChI=1S/C46H31N3O/c1-30-20-22-31(23-21-30)32-24-26-36(27-25-32)45-47-44(35-16-9-4-10-17-35)48-46(49-45)39-29-42-40(28-38(39)34-14-7-3-8-15-34)43-37(18-11-19-41(43)50-42)33-12-5-2-6-13-33/h2-29H,1H3. The first kappa shape index (κ1) is 29.5. The van der Waals surface area contributed by atoms with Crippen molar-refractivity contribution in [1.29, 1.82) is 0 Å². The number of benzene rings is 7. The third-order valence-corrected chi connectivity index (χ3v) is 9.24. The second-order valence-corrected chi connectivity index (χ2v) is 12.5. The lowest BCUT2D eigenvalue weighted by Crippen LogP contribution is -2.01. The first-order chi connectivity index (χ1) is 24.7. The Kier molecular flexibility index (Phi) is 7.33. The fourth-order valence-corrected chi connectivity index (χ4v) is 6.67. The van der Waals surface area contributed by atoms with Crippen LogP contribution in [0.2, 0.25) is 0 Å². The number of hydrogen-bond acceptors (Lipinski definition) is 4. The Bertz CT molecular complexity index is 2610. The molecule has 2 heterocycles. The van der Waals surface area contributed by atoms with Crippen molar-refractivity contribution in [3.8, 4) is 67.5 Å². The van der Waals surface area contributed by atoms with E-state index in [2.05, 4.69) is 128 Å². The quantitative estimate of drug-likeness (QED) is 0.181. The molecular weight excluding hydrogens is 611 g/mol. The van der Waals surface area contributed by atoms with Crippen LogP contribution in [0.3, 0.4) is 0 Å². The van der Waals surface area contributed by atoms with E-state index >= 15 is 0 Å². The molecule has 9 rings (SSSR count). The molecule has 50 heavy (non-hydrogen) atoms. The second-order valence-electron chi connectivity index (χ2n) is 12.5. The maximum atomic E-state index is 6.59. The molecule has 0 amide bonds. The molecule has 7 aromatic carbocycles. The van der Waals surface area contributed by atoms with Gasteiger partial charge in [0.15, 0.2) is 17.5 Å². The Morgan fingerprint density at radius 1 is 0.360 bits per heavy atom. The molecule has 2 aromatic heterocycles. The van der Waals surface area contributed by atoms with E-state index in [1.54, 1.807) is 0 Å². The van der Waals surface area contributed by atoms with Crippen molar-refractivity contribution in [3.05, 3.63) is 175 Å². The van der Waals surface area contributed by atoms with Gasteiger partial charge in [0.2, 0.25) is 0 Å². The van der Waals surface area contributed by atoms with Crippen molar-refractivity contribution in [2.75, 3.05) is 0 Å². The van der Waals surface area contributed by atoms with Crippen LogP contribution in [0.25, 0.3) is 89.5 Å². The Morgan fingerprint density at radius 2 is 0.860 bits per heavy atom. The van der Waals surface area contributed by atoms with Gasteiger partial charge < -0.3 is 4.42 Å². The molecule has 236 valence electrons. The third-order valence-electron chi connectivity index (χ3n) is 9.24. The van der Waals surface area contributed by atoms with Gasteiger partial charge in [0, 0.05) is 27.5 Å². The molecule has 9 aromatic rings. The Balaban J connectivity index is 1.26. The molecule has 4 nitrogen and oxygen atoms in total.